The van der Waals surface area contributed by atoms with Gasteiger partial charge in [0.05, 0.1) is 19.8 Å². The van der Waals surface area contributed by atoms with E-state index in [1.54, 1.807) is 0 Å². The van der Waals surface area contributed by atoms with Crippen LogP contribution in [-0.4, -0.2) is 30.4 Å². The van der Waals surface area contributed by atoms with Gasteiger partial charge >= 0.3 is 0 Å². The van der Waals surface area contributed by atoms with Crippen LogP contribution in [0, 0.1) is 0 Å². The molecule has 1 fully saturated rings. The molecule has 0 unspecified atom stereocenters. The molecule has 2 N–H and O–H groups in total. The lowest BCUT2D eigenvalue weighted by atomic mass is 10.2. The van der Waals surface area contributed by atoms with Crippen LogP contribution in [0.25, 0.3) is 0 Å². The smallest absolute Gasteiger partial charge is 0.0717 e. The molecule has 0 saturated carbocycles. The molecule has 88 valence electrons. The zero-order valence-corrected chi connectivity index (χ0v) is 9.43. The highest BCUT2D eigenvalue weighted by atomic mass is 16.5. The highest BCUT2D eigenvalue weighted by Gasteiger charge is 2.22. The van der Waals surface area contributed by atoms with Crippen LogP contribution in [0.15, 0.2) is 30.3 Å². The monoisotopic (exact) mass is 221 g/mol. The number of nitrogens with one attached hydrogen (secondary N) is 1. The lowest BCUT2D eigenvalue weighted by molar-refractivity contribution is 0.101. The van der Waals surface area contributed by atoms with E-state index in [4.69, 9.17) is 9.84 Å². The number of aliphatic hydroxyl groups excluding tert-OH is 1. The van der Waals surface area contributed by atoms with E-state index >= 15 is 0 Å². The largest absolute Gasteiger partial charge is 0.395 e. The van der Waals surface area contributed by atoms with Crippen molar-refractivity contribution >= 4 is 0 Å². The zero-order valence-electron chi connectivity index (χ0n) is 9.43. The first-order chi connectivity index (χ1) is 7.88. The van der Waals surface area contributed by atoms with Crippen molar-refractivity contribution < 1.29 is 9.84 Å². The van der Waals surface area contributed by atoms with Gasteiger partial charge in [-0.1, -0.05) is 30.3 Å². The van der Waals surface area contributed by atoms with E-state index in [-0.39, 0.29) is 12.6 Å². The summed E-state index contributed by atoms with van der Waals surface area (Å²) >= 11 is 0. The fraction of sp³-hybridized carbons (Fsp3) is 0.538. The van der Waals surface area contributed by atoms with Gasteiger partial charge in [0.25, 0.3) is 0 Å². The van der Waals surface area contributed by atoms with Crippen LogP contribution in [0.5, 0.6) is 0 Å². The number of hydrogen-bond acceptors (Lipinski definition) is 3. The third kappa shape index (κ3) is 3.30. The molecular weight excluding hydrogens is 202 g/mol. The molecule has 0 aliphatic carbocycles. The molecular formula is C13H19NO2. The summed E-state index contributed by atoms with van der Waals surface area (Å²) in [5, 5.41) is 12.3. The number of hydrogen-bond donors (Lipinski definition) is 2. The van der Waals surface area contributed by atoms with Gasteiger partial charge in [-0.3, -0.25) is 0 Å². The molecule has 3 heteroatoms. The van der Waals surface area contributed by atoms with Gasteiger partial charge in [-0.25, -0.2) is 0 Å². The van der Waals surface area contributed by atoms with Crippen LogP contribution >= 0.6 is 0 Å². The summed E-state index contributed by atoms with van der Waals surface area (Å²) in [7, 11) is 0. The summed E-state index contributed by atoms with van der Waals surface area (Å²) in [6.45, 7) is 1.63. The van der Waals surface area contributed by atoms with Gasteiger partial charge in [0.2, 0.25) is 0 Å². The third-order valence-electron chi connectivity index (χ3n) is 2.99. The van der Waals surface area contributed by atoms with Crippen molar-refractivity contribution in [3.05, 3.63) is 35.9 Å². The maximum Gasteiger partial charge on any atom is 0.0717 e. The first kappa shape index (κ1) is 11.6. The van der Waals surface area contributed by atoms with E-state index in [0.717, 1.165) is 19.4 Å². The second-order valence-corrected chi connectivity index (χ2v) is 4.32. The molecule has 1 aliphatic heterocycles. The van der Waals surface area contributed by atoms with E-state index in [1.807, 2.05) is 18.2 Å². The summed E-state index contributed by atoms with van der Waals surface area (Å²) in [6, 6.07) is 10.9. The van der Waals surface area contributed by atoms with Crippen molar-refractivity contribution in [1.82, 2.24) is 5.32 Å². The van der Waals surface area contributed by atoms with Crippen LogP contribution < -0.4 is 5.32 Å². The summed E-state index contributed by atoms with van der Waals surface area (Å²) < 4.78 is 5.65. The van der Waals surface area contributed by atoms with Crippen molar-refractivity contribution in [3.63, 3.8) is 0 Å². The molecule has 2 atom stereocenters. The molecule has 0 aromatic heterocycles. The molecule has 16 heavy (non-hydrogen) atoms. The van der Waals surface area contributed by atoms with Gasteiger partial charge in [-0.2, -0.15) is 0 Å². The van der Waals surface area contributed by atoms with E-state index in [2.05, 4.69) is 17.4 Å². The van der Waals surface area contributed by atoms with Gasteiger partial charge in [0, 0.05) is 12.1 Å². The Kier molecular flexibility index (Phi) is 4.34. The van der Waals surface area contributed by atoms with Crippen LogP contribution in [0.2, 0.25) is 0 Å². The van der Waals surface area contributed by atoms with E-state index in [0.29, 0.717) is 12.6 Å². The SMILES string of the molecule is OC[C@H]1CC[C@@H](COCc2ccccc2)N1. The normalized spacial score (nSPS) is 24.8. The fourth-order valence-corrected chi connectivity index (χ4v) is 2.07. The van der Waals surface area contributed by atoms with Crippen molar-refractivity contribution in [2.24, 2.45) is 0 Å². The predicted octanol–water partition coefficient (Wildman–Crippen LogP) is 1.32. The quantitative estimate of drug-likeness (QED) is 0.788. The van der Waals surface area contributed by atoms with Gasteiger partial charge in [0.1, 0.15) is 0 Å². The summed E-state index contributed by atoms with van der Waals surface area (Å²) in [6.07, 6.45) is 2.15. The Morgan fingerprint density at radius 3 is 2.62 bits per heavy atom. The molecule has 0 bridgehead atoms. The Balaban J connectivity index is 1.65. The summed E-state index contributed by atoms with van der Waals surface area (Å²) in [4.78, 5) is 0. The number of benzene rings is 1. The molecule has 1 saturated heterocycles. The Morgan fingerprint density at radius 2 is 1.94 bits per heavy atom. The van der Waals surface area contributed by atoms with Gasteiger partial charge < -0.3 is 15.2 Å². The predicted molar refractivity (Wildman–Crippen MR) is 63.1 cm³/mol. The molecule has 1 aliphatic rings. The molecule has 1 aromatic carbocycles. The Labute approximate surface area is 96.4 Å². The molecule has 0 amide bonds. The van der Waals surface area contributed by atoms with E-state index in [9.17, 15) is 0 Å². The topological polar surface area (TPSA) is 41.5 Å². The van der Waals surface area contributed by atoms with Crippen molar-refractivity contribution in [1.29, 1.82) is 0 Å². The van der Waals surface area contributed by atoms with Crippen molar-refractivity contribution in [2.75, 3.05) is 13.2 Å². The summed E-state index contributed by atoms with van der Waals surface area (Å²) in [5.74, 6) is 0. The molecule has 0 spiro atoms. The van der Waals surface area contributed by atoms with Crippen LogP contribution in [-0.2, 0) is 11.3 Å². The highest BCUT2D eigenvalue weighted by molar-refractivity contribution is 5.13. The first-order valence-corrected chi connectivity index (χ1v) is 5.87. The molecule has 2 rings (SSSR count). The maximum absolute atomic E-state index is 8.98. The number of ether oxygens (including phenoxy) is 1. The third-order valence-corrected chi connectivity index (χ3v) is 2.99. The van der Waals surface area contributed by atoms with Gasteiger partial charge in [0.15, 0.2) is 0 Å². The Morgan fingerprint density at radius 1 is 1.19 bits per heavy atom. The van der Waals surface area contributed by atoms with Crippen LogP contribution in [0.3, 0.4) is 0 Å². The molecule has 0 radical (unpaired) electrons. The number of rotatable bonds is 5. The average Bonchev–Trinajstić information content (AvgIpc) is 2.78. The Hall–Kier alpha value is -0.900. The molecule has 1 aromatic rings. The first-order valence-electron chi connectivity index (χ1n) is 5.87. The van der Waals surface area contributed by atoms with Crippen molar-refractivity contribution in [3.8, 4) is 0 Å². The Bertz CT molecular complexity index is 302. The van der Waals surface area contributed by atoms with Crippen LogP contribution in [0.4, 0.5) is 0 Å². The molecule has 1 heterocycles. The van der Waals surface area contributed by atoms with E-state index in [1.165, 1.54) is 5.56 Å². The lowest BCUT2D eigenvalue weighted by Crippen LogP contribution is -2.34. The minimum Gasteiger partial charge on any atom is -0.395 e. The van der Waals surface area contributed by atoms with Gasteiger partial charge in [-0.15, -0.1) is 0 Å². The van der Waals surface area contributed by atoms with E-state index < -0.39 is 0 Å². The minimum atomic E-state index is 0.231. The highest BCUT2D eigenvalue weighted by Crippen LogP contribution is 2.12. The minimum absolute atomic E-state index is 0.231. The maximum atomic E-state index is 8.98. The number of aliphatic hydroxyl groups is 1. The fourth-order valence-electron chi connectivity index (χ4n) is 2.07. The summed E-state index contributed by atoms with van der Waals surface area (Å²) in [5.41, 5.74) is 1.21. The van der Waals surface area contributed by atoms with Crippen LogP contribution in [0.1, 0.15) is 18.4 Å². The van der Waals surface area contributed by atoms with Crippen molar-refractivity contribution in [2.45, 2.75) is 31.5 Å². The lowest BCUT2D eigenvalue weighted by Gasteiger charge is -2.13. The standard InChI is InChI=1S/C13H19NO2/c15-8-12-6-7-13(14-12)10-16-9-11-4-2-1-3-5-11/h1-5,12-15H,6-10H2/t12-,13+/m1/s1. The second-order valence-electron chi connectivity index (χ2n) is 4.32. The van der Waals surface area contributed by atoms with Gasteiger partial charge in [-0.05, 0) is 18.4 Å². The zero-order chi connectivity index (χ0) is 11.2. The average molecular weight is 221 g/mol. The second kappa shape index (κ2) is 5.99. The molecule has 3 nitrogen and oxygen atoms in total.